The fraction of sp³-hybridized carbons (Fsp3) is 0.364. The summed E-state index contributed by atoms with van der Waals surface area (Å²) in [7, 11) is 0. The van der Waals surface area contributed by atoms with Crippen LogP contribution in [0.1, 0.15) is 19.8 Å². The van der Waals surface area contributed by atoms with Crippen molar-refractivity contribution >= 4 is 29.4 Å². The highest BCUT2D eigenvalue weighted by molar-refractivity contribution is 6.09. The quantitative estimate of drug-likeness (QED) is 0.599. The summed E-state index contributed by atoms with van der Waals surface area (Å²) in [5.41, 5.74) is 1.77. The molecule has 30 heavy (non-hydrogen) atoms. The molecule has 4 aliphatic heterocycles. The lowest BCUT2D eigenvalue weighted by atomic mass is 9.79. The third-order valence-electron chi connectivity index (χ3n) is 6.54. The molecule has 0 aliphatic carbocycles. The number of carboxylic acid groups (broad SMARTS) is 1. The number of likely N-dealkylation sites (tertiary alicyclic amines) is 1. The fourth-order valence-electron chi connectivity index (χ4n) is 5.24. The molecule has 1 N–H and O–H groups in total. The normalized spacial score (nSPS) is 28.9. The number of benzene rings is 1. The van der Waals surface area contributed by atoms with E-state index in [2.05, 4.69) is 0 Å². The number of carbonyl (C=O) groups is 4. The van der Waals surface area contributed by atoms with Crippen LogP contribution in [0.4, 0.5) is 5.69 Å². The molecule has 8 nitrogen and oxygen atoms in total. The van der Waals surface area contributed by atoms with E-state index in [9.17, 15) is 24.3 Å². The lowest BCUT2D eigenvalue weighted by Gasteiger charge is -2.49. The van der Waals surface area contributed by atoms with Crippen LogP contribution in [0, 0.1) is 5.92 Å². The second-order valence-corrected chi connectivity index (χ2v) is 8.17. The van der Waals surface area contributed by atoms with Crippen LogP contribution < -0.4 is 4.90 Å². The highest BCUT2D eigenvalue weighted by atomic mass is 16.4. The van der Waals surface area contributed by atoms with Crippen molar-refractivity contribution in [3.63, 3.8) is 0 Å². The number of anilines is 1. The maximum absolute atomic E-state index is 12.9. The van der Waals surface area contributed by atoms with E-state index in [1.807, 2.05) is 30.3 Å². The van der Waals surface area contributed by atoms with E-state index in [1.165, 1.54) is 11.8 Å². The second-order valence-electron chi connectivity index (χ2n) is 8.17. The molecule has 1 aromatic carbocycles. The zero-order valence-electron chi connectivity index (χ0n) is 16.4. The number of aliphatic carboxylic acids is 1. The number of β-lactam (4-membered cyclic amide) rings is 1. The van der Waals surface area contributed by atoms with Gasteiger partial charge < -0.3 is 14.9 Å². The van der Waals surface area contributed by atoms with Gasteiger partial charge in [0.05, 0.1) is 6.04 Å². The van der Waals surface area contributed by atoms with Crippen molar-refractivity contribution in [2.24, 2.45) is 5.92 Å². The largest absolute Gasteiger partial charge is 0.477 e. The third-order valence-corrected chi connectivity index (χ3v) is 6.54. The molecule has 0 aromatic heterocycles. The van der Waals surface area contributed by atoms with E-state index in [-0.39, 0.29) is 35.4 Å². The zero-order chi connectivity index (χ0) is 21.2. The van der Waals surface area contributed by atoms with E-state index in [0.717, 1.165) is 5.69 Å². The monoisotopic (exact) mass is 407 g/mol. The Morgan fingerprint density at radius 3 is 2.57 bits per heavy atom. The topological polar surface area (TPSA) is 98.2 Å². The second kappa shape index (κ2) is 6.55. The molecule has 3 atom stereocenters. The average Bonchev–Trinajstić information content (AvgIpc) is 3.27. The predicted octanol–water partition coefficient (Wildman–Crippen LogP) is 1.15. The van der Waals surface area contributed by atoms with Gasteiger partial charge in [-0.15, -0.1) is 0 Å². The first-order chi connectivity index (χ1) is 14.4. The zero-order valence-corrected chi connectivity index (χ0v) is 16.4. The maximum atomic E-state index is 12.9. The Labute approximate surface area is 173 Å². The van der Waals surface area contributed by atoms with Crippen LogP contribution in [0.5, 0.6) is 0 Å². The van der Waals surface area contributed by atoms with E-state index in [1.54, 1.807) is 15.9 Å². The summed E-state index contributed by atoms with van der Waals surface area (Å²) in [6.07, 6.45) is 2.59. The summed E-state index contributed by atoms with van der Waals surface area (Å²) >= 11 is 0. The average molecular weight is 407 g/mol. The van der Waals surface area contributed by atoms with Crippen LogP contribution in [-0.2, 0) is 19.2 Å². The minimum absolute atomic E-state index is 0.0201. The van der Waals surface area contributed by atoms with E-state index in [0.29, 0.717) is 37.1 Å². The number of carboxylic acids is 1. The molecule has 5 rings (SSSR count). The van der Waals surface area contributed by atoms with Gasteiger partial charge in [-0.2, -0.15) is 0 Å². The minimum atomic E-state index is -1.18. The third kappa shape index (κ3) is 2.52. The molecule has 3 saturated heterocycles. The van der Waals surface area contributed by atoms with Gasteiger partial charge in [0, 0.05) is 37.2 Å². The molecule has 0 radical (unpaired) electrons. The van der Waals surface area contributed by atoms with Gasteiger partial charge >= 0.3 is 5.97 Å². The minimum Gasteiger partial charge on any atom is -0.477 e. The molecular formula is C22H21N3O5. The van der Waals surface area contributed by atoms with E-state index < -0.39 is 12.0 Å². The van der Waals surface area contributed by atoms with E-state index in [4.69, 9.17) is 0 Å². The van der Waals surface area contributed by atoms with Crippen LogP contribution in [0.2, 0.25) is 0 Å². The molecule has 3 fully saturated rings. The van der Waals surface area contributed by atoms with Crippen molar-refractivity contribution in [2.45, 2.75) is 31.8 Å². The maximum Gasteiger partial charge on any atom is 0.352 e. The van der Waals surface area contributed by atoms with Crippen LogP contribution in [-0.4, -0.2) is 63.8 Å². The first-order valence-corrected chi connectivity index (χ1v) is 10.0. The summed E-state index contributed by atoms with van der Waals surface area (Å²) in [6.45, 7) is 2.38. The van der Waals surface area contributed by atoms with Crippen LogP contribution in [0.15, 0.2) is 53.3 Å². The lowest BCUT2D eigenvalue weighted by Crippen LogP contribution is -2.69. The van der Waals surface area contributed by atoms with Crippen molar-refractivity contribution in [1.29, 1.82) is 0 Å². The molecule has 4 aliphatic rings. The van der Waals surface area contributed by atoms with Crippen molar-refractivity contribution < 1.29 is 24.3 Å². The van der Waals surface area contributed by atoms with Gasteiger partial charge in [-0.1, -0.05) is 18.2 Å². The van der Waals surface area contributed by atoms with Gasteiger partial charge in [0.2, 0.25) is 5.91 Å². The Balaban J connectivity index is 1.49. The molecule has 8 heteroatoms. The number of hydrogen-bond acceptors (Lipinski definition) is 4. The first-order valence-electron chi connectivity index (χ1n) is 10.0. The lowest BCUT2D eigenvalue weighted by molar-refractivity contribution is -0.159. The molecule has 4 heterocycles. The van der Waals surface area contributed by atoms with Gasteiger partial charge in [0.1, 0.15) is 11.7 Å². The van der Waals surface area contributed by atoms with Crippen LogP contribution >= 0.6 is 0 Å². The van der Waals surface area contributed by atoms with Crippen LogP contribution in [0.3, 0.4) is 0 Å². The number of para-hydroxylation sites is 1. The van der Waals surface area contributed by atoms with Gasteiger partial charge in [-0.05, 0) is 36.6 Å². The van der Waals surface area contributed by atoms with Gasteiger partial charge in [0.15, 0.2) is 0 Å². The number of amides is 3. The molecule has 3 amide bonds. The first kappa shape index (κ1) is 18.6. The molecule has 154 valence electrons. The Hall–Kier alpha value is -3.42. The number of nitrogens with zero attached hydrogens (tertiary/aromatic N) is 3. The van der Waals surface area contributed by atoms with Crippen molar-refractivity contribution in [3.05, 3.63) is 53.3 Å². The molecule has 0 saturated carbocycles. The van der Waals surface area contributed by atoms with Crippen LogP contribution in [0.25, 0.3) is 0 Å². The van der Waals surface area contributed by atoms with Crippen molar-refractivity contribution in [2.75, 3.05) is 18.0 Å². The van der Waals surface area contributed by atoms with Crippen molar-refractivity contribution in [1.82, 2.24) is 9.80 Å². The number of rotatable bonds is 3. The van der Waals surface area contributed by atoms with Gasteiger partial charge in [-0.3, -0.25) is 19.3 Å². The number of carbonyl (C=O) groups excluding carboxylic acids is 3. The van der Waals surface area contributed by atoms with Gasteiger partial charge in [-0.25, -0.2) is 4.79 Å². The summed E-state index contributed by atoms with van der Waals surface area (Å²) in [4.78, 5) is 54.1. The highest BCUT2D eigenvalue weighted by Gasteiger charge is 2.63. The van der Waals surface area contributed by atoms with Crippen molar-refractivity contribution in [3.8, 4) is 0 Å². The summed E-state index contributed by atoms with van der Waals surface area (Å²) < 4.78 is 0. The van der Waals surface area contributed by atoms with Gasteiger partial charge in [0.25, 0.3) is 11.8 Å². The summed E-state index contributed by atoms with van der Waals surface area (Å²) in [5, 5.41) is 9.83. The Kier molecular flexibility index (Phi) is 4.06. The highest BCUT2D eigenvalue weighted by Crippen LogP contribution is 2.47. The smallest absolute Gasteiger partial charge is 0.352 e. The molecule has 1 aromatic rings. The predicted molar refractivity (Wildman–Crippen MR) is 106 cm³/mol. The molecule has 0 bridgehead atoms. The fourth-order valence-corrected chi connectivity index (χ4v) is 5.24. The Morgan fingerprint density at radius 1 is 1.17 bits per heavy atom. The summed E-state index contributed by atoms with van der Waals surface area (Å²) in [6, 6.07) is 8.50. The molecule has 0 unspecified atom stereocenters. The molecular weight excluding hydrogens is 386 g/mol. The Bertz CT molecular complexity index is 1040. The summed E-state index contributed by atoms with van der Waals surface area (Å²) in [5.74, 6) is -1.88. The van der Waals surface area contributed by atoms with E-state index >= 15 is 0 Å². The standard InChI is InChI=1S/C22H21N3O5/c1-12(26)24-11-15-10-14(18(22(29)30)25-17(15)19(24)21(25)28)9-13-7-8-23(20(13)27)16-5-3-2-4-6-16/h2-6,9,15,17,19H,7-8,10-11H2,1H3,(H,29,30)/b13-9+/t15-,17-,19+/m1/s1. The SMILES string of the molecule is CC(=O)N1C[C@H]2CC(/C=C3\CCN(c4ccccc4)C3=O)=C(C(=O)O)N3C(=O)[C@@H]1[C@@H]23. The number of allylic oxidation sites excluding steroid dienone is 2. The Morgan fingerprint density at radius 2 is 1.90 bits per heavy atom. The molecule has 0 spiro atoms. The number of hydrogen-bond donors (Lipinski definition) is 1.